The molecular weight excluding hydrogens is 429 g/mol. The maximum Gasteiger partial charge on any atom is 0.416 e. The van der Waals surface area contributed by atoms with E-state index in [1.807, 2.05) is 0 Å². The molecule has 0 atom stereocenters. The maximum atomic E-state index is 12.9. The summed E-state index contributed by atoms with van der Waals surface area (Å²) in [5, 5.41) is 2.58. The molecule has 3 aromatic rings. The summed E-state index contributed by atoms with van der Waals surface area (Å²) in [4.78, 5) is 12.4. The number of carbonyl (C=O) groups excluding carboxylic acids is 1. The fourth-order valence-electron chi connectivity index (χ4n) is 2.83. The van der Waals surface area contributed by atoms with Crippen molar-refractivity contribution >= 4 is 21.6 Å². The van der Waals surface area contributed by atoms with Crippen LogP contribution < -0.4 is 9.62 Å². The Morgan fingerprint density at radius 1 is 0.935 bits per heavy atom. The van der Waals surface area contributed by atoms with Gasteiger partial charge in [0.05, 0.1) is 16.1 Å². The number of amides is 1. The number of para-hydroxylation sites is 1. The Balaban J connectivity index is 1.73. The lowest BCUT2D eigenvalue weighted by Crippen LogP contribution is -2.27. The highest BCUT2D eigenvalue weighted by molar-refractivity contribution is 7.92. The molecule has 0 spiro atoms. The Kier molecular flexibility index (Phi) is 6.35. The topological polar surface area (TPSA) is 66.5 Å². The zero-order chi connectivity index (χ0) is 22.6. The van der Waals surface area contributed by atoms with Gasteiger partial charge in [0.15, 0.2) is 0 Å². The van der Waals surface area contributed by atoms with Crippen molar-refractivity contribution in [3.05, 3.63) is 95.6 Å². The summed E-state index contributed by atoms with van der Waals surface area (Å²) in [6.07, 6.45) is -4.43. The molecule has 1 N–H and O–H groups in total. The fourth-order valence-corrected chi connectivity index (χ4v) is 4.07. The van der Waals surface area contributed by atoms with Gasteiger partial charge >= 0.3 is 6.18 Å². The first kappa shape index (κ1) is 22.4. The molecule has 162 valence electrons. The zero-order valence-electron chi connectivity index (χ0n) is 16.4. The molecule has 3 aromatic carbocycles. The largest absolute Gasteiger partial charge is 0.416 e. The van der Waals surface area contributed by atoms with Crippen molar-refractivity contribution in [2.24, 2.45) is 0 Å². The van der Waals surface area contributed by atoms with Crippen molar-refractivity contribution < 1.29 is 26.4 Å². The van der Waals surface area contributed by atoms with Crippen LogP contribution in [0.4, 0.5) is 18.9 Å². The molecule has 0 aliphatic carbocycles. The molecule has 0 radical (unpaired) electrons. The Labute approximate surface area is 178 Å². The maximum absolute atomic E-state index is 12.9. The van der Waals surface area contributed by atoms with Gasteiger partial charge in [-0.05, 0) is 48.0 Å². The Hall–Kier alpha value is -3.33. The molecule has 0 unspecified atom stereocenters. The number of benzene rings is 3. The molecule has 1 amide bonds. The van der Waals surface area contributed by atoms with E-state index >= 15 is 0 Å². The Morgan fingerprint density at radius 2 is 1.58 bits per heavy atom. The van der Waals surface area contributed by atoms with Gasteiger partial charge in [-0.3, -0.25) is 9.10 Å². The van der Waals surface area contributed by atoms with Crippen LogP contribution in [0.3, 0.4) is 0 Å². The number of sulfonamides is 1. The molecule has 0 saturated heterocycles. The highest BCUT2D eigenvalue weighted by Crippen LogP contribution is 2.29. The number of alkyl halides is 3. The second-order valence-corrected chi connectivity index (χ2v) is 8.68. The molecule has 0 fully saturated rings. The molecule has 0 aliphatic heterocycles. The molecule has 0 heterocycles. The fraction of sp³-hybridized carbons (Fsp3) is 0.136. The van der Waals surface area contributed by atoms with E-state index < -0.39 is 27.7 Å². The van der Waals surface area contributed by atoms with E-state index in [0.29, 0.717) is 11.3 Å². The smallest absolute Gasteiger partial charge is 0.348 e. The van der Waals surface area contributed by atoms with E-state index in [4.69, 9.17) is 0 Å². The second-order valence-electron chi connectivity index (χ2n) is 6.71. The molecule has 0 aromatic heterocycles. The van der Waals surface area contributed by atoms with Crippen LogP contribution in [0.15, 0.2) is 83.8 Å². The average molecular weight is 448 g/mol. The van der Waals surface area contributed by atoms with E-state index in [-0.39, 0.29) is 17.0 Å². The SMILES string of the molecule is CN(c1ccccc1)S(=O)(=O)c1cccc(C(=O)NCc2ccc(C(F)(F)F)cc2)c1. The van der Waals surface area contributed by atoms with E-state index in [9.17, 15) is 26.4 Å². The van der Waals surface area contributed by atoms with Gasteiger partial charge in [-0.25, -0.2) is 8.42 Å². The van der Waals surface area contributed by atoms with Gasteiger partial charge in [-0.1, -0.05) is 36.4 Å². The quantitative estimate of drug-likeness (QED) is 0.606. The minimum absolute atomic E-state index is 0.00212. The lowest BCUT2D eigenvalue weighted by Gasteiger charge is -2.19. The van der Waals surface area contributed by atoms with Gasteiger partial charge in [-0.2, -0.15) is 13.2 Å². The summed E-state index contributed by atoms with van der Waals surface area (Å²) < 4.78 is 64.8. The molecule has 0 bridgehead atoms. The first-order valence-corrected chi connectivity index (χ1v) is 10.6. The highest BCUT2D eigenvalue weighted by atomic mass is 32.2. The summed E-state index contributed by atoms with van der Waals surface area (Å²) in [5.41, 5.74) is 0.297. The lowest BCUT2D eigenvalue weighted by molar-refractivity contribution is -0.137. The van der Waals surface area contributed by atoms with E-state index in [2.05, 4.69) is 5.32 Å². The molecule has 3 rings (SSSR count). The third-order valence-corrected chi connectivity index (χ3v) is 6.39. The van der Waals surface area contributed by atoms with Crippen molar-refractivity contribution in [3.8, 4) is 0 Å². The standard InChI is InChI=1S/C22H19F3N2O3S/c1-27(19-7-3-2-4-8-19)31(29,30)20-9-5-6-17(14-20)21(28)26-15-16-10-12-18(13-11-16)22(23,24)25/h2-14H,15H2,1H3,(H,26,28). The van der Waals surface area contributed by atoms with Gasteiger partial charge in [0.2, 0.25) is 0 Å². The summed E-state index contributed by atoms with van der Waals surface area (Å²) in [6, 6.07) is 18.5. The summed E-state index contributed by atoms with van der Waals surface area (Å²) in [5.74, 6) is -0.542. The van der Waals surface area contributed by atoms with Crippen molar-refractivity contribution in [2.45, 2.75) is 17.6 Å². The molecular formula is C22H19F3N2O3S. The number of hydrogen-bond acceptors (Lipinski definition) is 3. The molecule has 0 saturated carbocycles. The summed E-state index contributed by atoms with van der Waals surface area (Å²) >= 11 is 0. The summed E-state index contributed by atoms with van der Waals surface area (Å²) in [6.45, 7) is -0.00212. The number of nitrogens with zero attached hydrogens (tertiary/aromatic N) is 1. The monoisotopic (exact) mass is 448 g/mol. The number of nitrogens with one attached hydrogen (secondary N) is 1. The van der Waals surface area contributed by atoms with Crippen LogP contribution in [0.25, 0.3) is 0 Å². The predicted octanol–water partition coefficient (Wildman–Crippen LogP) is 4.46. The minimum Gasteiger partial charge on any atom is -0.348 e. The zero-order valence-corrected chi connectivity index (χ0v) is 17.2. The molecule has 9 heteroatoms. The molecule has 5 nitrogen and oxygen atoms in total. The minimum atomic E-state index is -4.43. The number of carbonyl (C=O) groups is 1. The summed E-state index contributed by atoms with van der Waals surface area (Å²) in [7, 11) is -2.47. The average Bonchev–Trinajstić information content (AvgIpc) is 2.77. The van der Waals surface area contributed by atoms with E-state index in [1.54, 1.807) is 30.3 Å². The van der Waals surface area contributed by atoms with E-state index in [0.717, 1.165) is 16.4 Å². The predicted molar refractivity (Wildman–Crippen MR) is 111 cm³/mol. The molecule has 0 aliphatic rings. The van der Waals surface area contributed by atoms with Gasteiger partial charge < -0.3 is 5.32 Å². The third kappa shape index (κ3) is 5.24. The van der Waals surface area contributed by atoms with Crippen LogP contribution in [0.2, 0.25) is 0 Å². The van der Waals surface area contributed by atoms with Crippen LogP contribution in [0, 0.1) is 0 Å². The Bertz CT molecular complexity index is 1160. The Morgan fingerprint density at radius 3 is 2.19 bits per heavy atom. The van der Waals surface area contributed by atoms with Crippen LogP contribution >= 0.6 is 0 Å². The van der Waals surface area contributed by atoms with Crippen molar-refractivity contribution in [2.75, 3.05) is 11.4 Å². The second kappa shape index (κ2) is 8.81. The van der Waals surface area contributed by atoms with Gasteiger partial charge in [0.1, 0.15) is 0 Å². The third-order valence-electron chi connectivity index (χ3n) is 4.61. The van der Waals surface area contributed by atoms with Crippen LogP contribution in [0.1, 0.15) is 21.5 Å². The lowest BCUT2D eigenvalue weighted by atomic mass is 10.1. The van der Waals surface area contributed by atoms with Gasteiger partial charge in [-0.15, -0.1) is 0 Å². The van der Waals surface area contributed by atoms with Crippen LogP contribution in [-0.2, 0) is 22.7 Å². The number of halogens is 3. The van der Waals surface area contributed by atoms with Crippen molar-refractivity contribution in [3.63, 3.8) is 0 Å². The van der Waals surface area contributed by atoms with Crippen molar-refractivity contribution in [1.82, 2.24) is 5.32 Å². The highest BCUT2D eigenvalue weighted by Gasteiger charge is 2.30. The van der Waals surface area contributed by atoms with Gasteiger partial charge in [0, 0.05) is 19.2 Å². The van der Waals surface area contributed by atoms with Crippen molar-refractivity contribution in [1.29, 1.82) is 0 Å². The van der Waals surface area contributed by atoms with E-state index in [1.165, 1.54) is 43.4 Å². The molecule has 31 heavy (non-hydrogen) atoms. The van der Waals surface area contributed by atoms with Crippen LogP contribution in [-0.4, -0.2) is 21.4 Å². The van der Waals surface area contributed by atoms with Gasteiger partial charge in [0.25, 0.3) is 15.9 Å². The first-order chi connectivity index (χ1) is 14.6. The first-order valence-electron chi connectivity index (χ1n) is 9.17. The number of anilines is 1. The van der Waals surface area contributed by atoms with Crippen LogP contribution in [0.5, 0.6) is 0 Å². The number of hydrogen-bond donors (Lipinski definition) is 1. The number of rotatable bonds is 6. The normalized spacial score (nSPS) is 11.7.